The zero-order valence-corrected chi connectivity index (χ0v) is 12.9. The summed E-state index contributed by atoms with van der Waals surface area (Å²) in [5, 5.41) is 0. The molecular weight excluding hydrogens is 260 g/mol. The van der Waals surface area contributed by atoms with E-state index in [0.717, 1.165) is 25.2 Å². The van der Waals surface area contributed by atoms with Gasteiger partial charge in [0.05, 0.1) is 6.61 Å². The summed E-state index contributed by atoms with van der Waals surface area (Å²) in [6, 6.07) is 8.21. The number of carbonyl (C=O) groups excluding carboxylic acids is 1. The monoisotopic (exact) mass is 286 g/mol. The molecule has 1 aliphatic carbocycles. The molecule has 0 radical (unpaired) electrons. The number of para-hydroxylation sites is 1. The summed E-state index contributed by atoms with van der Waals surface area (Å²) >= 11 is 0. The van der Waals surface area contributed by atoms with E-state index < -0.39 is 0 Å². The lowest BCUT2D eigenvalue weighted by atomic mass is 9.85. The van der Waals surface area contributed by atoms with E-state index in [9.17, 15) is 4.79 Å². The van der Waals surface area contributed by atoms with Crippen LogP contribution in [0.1, 0.15) is 69.3 Å². The number of hydrogen-bond donors (Lipinski definition) is 0. The van der Waals surface area contributed by atoms with E-state index in [2.05, 4.69) is 12.1 Å². The fraction of sp³-hybridized carbons (Fsp3) is 0.632. The van der Waals surface area contributed by atoms with Gasteiger partial charge in [0.25, 0.3) is 0 Å². The smallest absolute Gasteiger partial charge is 0.133 e. The summed E-state index contributed by atoms with van der Waals surface area (Å²) in [5.74, 6) is 2.46. The van der Waals surface area contributed by atoms with Crippen LogP contribution in [-0.2, 0) is 4.79 Å². The molecule has 3 rings (SSSR count). The molecule has 1 saturated carbocycles. The average molecular weight is 286 g/mol. The third-order valence-electron chi connectivity index (χ3n) is 5.05. The first-order valence-electron chi connectivity index (χ1n) is 8.56. The Morgan fingerprint density at radius 1 is 1.00 bits per heavy atom. The molecule has 2 heteroatoms. The van der Waals surface area contributed by atoms with Crippen LogP contribution in [0, 0.1) is 5.92 Å². The van der Waals surface area contributed by atoms with E-state index in [1.807, 2.05) is 12.1 Å². The first-order valence-corrected chi connectivity index (χ1v) is 8.56. The highest BCUT2D eigenvalue weighted by molar-refractivity contribution is 5.79. The maximum Gasteiger partial charge on any atom is 0.133 e. The number of rotatable bonds is 4. The van der Waals surface area contributed by atoms with E-state index in [4.69, 9.17) is 4.74 Å². The minimum absolute atomic E-state index is 0.369. The van der Waals surface area contributed by atoms with Gasteiger partial charge in [-0.2, -0.15) is 0 Å². The van der Waals surface area contributed by atoms with Crippen molar-refractivity contribution in [3.63, 3.8) is 0 Å². The molecule has 0 spiro atoms. The van der Waals surface area contributed by atoms with Gasteiger partial charge in [-0.1, -0.05) is 56.7 Å². The highest BCUT2D eigenvalue weighted by atomic mass is 16.5. The van der Waals surface area contributed by atoms with Crippen LogP contribution in [0.2, 0.25) is 0 Å². The first-order chi connectivity index (χ1) is 10.3. The van der Waals surface area contributed by atoms with Crippen molar-refractivity contribution in [2.45, 2.75) is 63.7 Å². The Bertz CT molecular complexity index is 472. The number of Topliss-reactive ketones (excluding diaryl/α,β-unsaturated/α-hetero) is 1. The van der Waals surface area contributed by atoms with Crippen LogP contribution >= 0.6 is 0 Å². The molecule has 0 N–H and O–H groups in total. The molecule has 2 aliphatic rings. The highest BCUT2D eigenvalue weighted by Gasteiger charge is 2.24. The lowest BCUT2D eigenvalue weighted by Gasteiger charge is -2.25. The van der Waals surface area contributed by atoms with Crippen LogP contribution in [-0.4, -0.2) is 12.4 Å². The second-order valence-corrected chi connectivity index (χ2v) is 6.68. The van der Waals surface area contributed by atoms with E-state index in [-0.39, 0.29) is 0 Å². The third kappa shape index (κ3) is 3.87. The summed E-state index contributed by atoms with van der Waals surface area (Å²) in [6.45, 7) is 0.748. The van der Waals surface area contributed by atoms with Crippen molar-refractivity contribution < 1.29 is 9.53 Å². The Kier molecular flexibility index (Phi) is 4.95. The number of carbonyl (C=O) groups is 1. The normalized spacial score (nSPS) is 23.0. The van der Waals surface area contributed by atoms with Crippen molar-refractivity contribution in [3.8, 4) is 5.75 Å². The van der Waals surface area contributed by atoms with E-state index in [1.165, 1.54) is 44.1 Å². The molecule has 114 valence electrons. The lowest BCUT2D eigenvalue weighted by Crippen LogP contribution is -2.18. The minimum Gasteiger partial charge on any atom is -0.493 e. The summed E-state index contributed by atoms with van der Waals surface area (Å²) in [5.41, 5.74) is 1.23. The Morgan fingerprint density at radius 2 is 1.76 bits per heavy atom. The van der Waals surface area contributed by atoms with Crippen molar-refractivity contribution >= 4 is 5.78 Å². The second-order valence-electron chi connectivity index (χ2n) is 6.68. The zero-order chi connectivity index (χ0) is 14.5. The van der Waals surface area contributed by atoms with E-state index >= 15 is 0 Å². The Labute approximate surface area is 127 Å². The Balaban J connectivity index is 1.58. The van der Waals surface area contributed by atoms with E-state index in [0.29, 0.717) is 24.0 Å². The molecule has 1 aromatic rings. The zero-order valence-electron chi connectivity index (χ0n) is 12.9. The molecule has 2 nitrogen and oxygen atoms in total. The Morgan fingerprint density at radius 3 is 2.57 bits per heavy atom. The number of benzene rings is 1. The molecule has 1 atom stereocenters. The van der Waals surface area contributed by atoms with E-state index in [1.54, 1.807) is 0 Å². The molecular formula is C19H26O2. The predicted molar refractivity (Wildman–Crippen MR) is 84.7 cm³/mol. The summed E-state index contributed by atoms with van der Waals surface area (Å²) in [7, 11) is 0. The molecule has 0 aromatic heterocycles. The number of hydrogen-bond acceptors (Lipinski definition) is 2. The molecule has 1 unspecified atom stereocenters. The molecule has 1 aliphatic heterocycles. The fourth-order valence-corrected chi connectivity index (χ4v) is 3.88. The van der Waals surface area contributed by atoms with Gasteiger partial charge in [-0.25, -0.2) is 0 Å². The van der Waals surface area contributed by atoms with Crippen molar-refractivity contribution in [3.05, 3.63) is 29.8 Å². The van der Waals surface area contributed by atoms with Gasteiger partial charge in [-0.15, -0.1) is 0 Å². The van der Waals surface area contributed by atoms with Gasteiger partial charge in [0.2, 0.25) is 0 Å². The molecule has 1 fully saturated rings. The van der Waals surface area contributed by atoms with Crippen LogP contribution in [0.15, 0.2) is 24.3 Å². The molecule has 21 heavy (non-hydrogen) atoms. The minimum atomic E-state index is 0.369. The molecule has 0 bridgehead atoms. The van der Waals surface area contributed by atoms with Gasteiger partial charge in [0, 0.05) is 12.8 Å². The maximum absolute atomic E-state index is 12.5. The van der Waals surface area contributed by atoms with Crippen LogP contribution in [0.5, 0.6) is 5.75 Å². The van der Waals surface area contributed by atoms with Crippen molar-refractivity contribution in [1.82, 2.24) is 0 Å². The van der Waals surface area contributed by atoms with Gasteiger partial charge in [0.1, 0.15) is 11.5 Å². The van der Waals surface area contributed by atoms with Crippen molar-refractivity contribution in [2.24, 2.45) is 5.92 Å². The van der Waals surface area contributed by atoms with Crippen molar-refractivity contribution in [1.29, 1.82) is 0 Å². The number of ether oxygens (including phenoxy) is 1. The average Bonchev–Trinajstić information content (AvgIpc) is 2.76. The maximum atomic E-state index is 12.5. The van der Waals surface area contributed by atoms with Crippen LogP contribution < -0.4 is 4.74 Å². The van der Waals surface area contributed by atoms with Crippen molar-refractivity contribution in [2.75, 3.05) is 6.61 Å². The quantitative estimate of drug-likeness (QED) is 0.738. The van der Waals surface area contributed by atoms with Gasteiger partial charge >= 0.3 is 0 Å². The van der Waals surface area contributed by atoms with Gasteiger partial charge in [-0.3, -0.25) is 4.79 Å². The highest BCUT2D eigenvalue weighted by Crippen LogP contribution is 2.36. The SMILES string of the molecule is O=C(CC1CCCCCC1)CC1CCOc2ccccc21. The number of ketones is 1. The molecule has 1 heterocycles. The predicted octanol–water partition coefficient (Wildman–Crippen LogP) is 4.87. The van der Waals surface area contributed by atoms with Crippen LogP contribution in [0.25, 0.3) is 0 Å². The topological polar surface area (TPSA) is 26.3 Å². The molecule has 1 aromatic carbocycles. The first kappa shape index (κ1) is 14.6. The second kappa shape index (κ2) is 7.11. The van der Waals surface area contributed by atoms with Gasteiger partial charge in [-0.05, 0) is 29.9 Å². The molecule has 0 amide bonds. The fourth-order valence-electron chi connectivity index (χ4n) is 3.88. The van der Waals surface area contributed by atoms with Crippen LogP contribution in [0.3, 0.4) is 0 Å². The summed E-state index contributed by atoms with van der Waals surface area (Å²) < 4.78 is 5.69. The summed E-state index contributed by atoms with van der Waals surface area (Å²) in [6.07, 6.45) is 10.4. The third-order valence-corrected chi connectivity index (χ3v) is 5.05. The Hall–Kier alpha value is -1.31. The number of fused-ring (bicyclic) bond motifs is 1. The van der Waals surface area contributed by atoms with Gasteiger partial charge in [0.15, 0.2) is 0 Å². The van der Waals surface area contributed by atoms with Crippen LogP contribution in [0.4, 0.5) is 0 Å². The van der Waals surface area contributed by atoms with Gasteiger partial charge < -0.3 is 4.74 Å². The largest absolute Gasteiger partial charge is 0.493 e. The summed E-state index contributed by atoms with van der Waals surface area (Å²) in [4.78, 5) is 12.5. The molecule has 0 saturated heterocycles. The standard InChI is InChI=1S/C19H26O2/c20-17(13-15-7-3-1-2-4-8-15)14-16-11-12-21-19-10-6-5-9-18(16)19/h5-6,9-10,15-16H,1-4,7-8,11-14H2. The lowest BCUT2D eigenvalue weighted by molar-refractivity contribution is -0.120.